The lowest BCUT2D eigenvalue weighted by Gasteiger charge is -2.38. The molecule has 0 aromatic heterocycles. The quantitative estimate of drug-likeness (QED) is 0.588. The van der Waals surface area contributed by atoms with Gasteiger partial charge in [0.1, 0.15) is 0 Å². The van der Waals surface area contributed by atoms with Crippen LogP contribution < -0.4 is 0 Å². The zero-order valence-corrected chi connectivity index (χ0v) is 8.49. The van der Waals surface area contributed by atoms with Crippen LogP contribution in [0.15, 0.2) is 12.7 Å². The molecule has 0 spiro atoms. The monoisotopic (exact) mass is 182 g/mol. The van der Waals surface area contributed by atoms with Crippen LogP contribution in [-0.4, -0.2) is 47.9 Å². The molecule has 1 saturated heterocycles. The van der Waals surface area contributed by atoms with Gasteiger partial charge < -0.3 is 4.90 Å². The maximum atomic E-state index is 11.4. The van der Waals surface area contributed by atoms with E-state index in [-0.39, 0.29) is 5.91 Å². The average molecular weight is 182 g/mol. The van der Waals surface area contributed by atoms with Gasteiger partial charge in [0.15, 0.2) is 0 Å². The molecule has 1 aliphatic heterocycles. The van der Waals surface area contributed by atoms with E-state index < -0.39 is 0 Å². The molecule has 3 nitrogen and oxygen atoms in total. The summed E-state index contributed by atoms with van der Waals surface area (Å²) in [6, 6.07) is 0.319. The smallest absolute Gasteiger partial charge is 0.246 e. The molecule has 0 unspecified atom stereocenters. The van der Waals surface area contributed by atoms with Crippen molar-refractivity contribution in [3.05, 3.63) is 12.7 Å². The topological polar surface area (TPSA) is 23.6 Å². The number of hydrogen-bond donors (Lipinski definition) is 0. The van der Waals surface area contributed by atoms with Gasteiger partial charge in [-0.05, 0) is 19.5 Å². The van der Waals surface area contributed by atoms with Gasteiger partial charge in [-0.1, -0.05) is 13.5 Å². The molecule has 1 amide bonds. The summed E-state index contributed by atoms with van der Waals surface area (Å²) >= 11 is 0. The Labute approximate surface area is 80.0 Å². The van der Waals surface area contributed by atoms with Gasteiger partial charge in [-0.3, -0.25) is 9.69 Å². The average Bonchev–Trinajstić information content (AvgIpc) is 2.16. The molecule has 0 bridgehead atoms. The zero-order chi connectivity index (χ0) is 9.84. The van der Waals surface area contributed by atoms with E-state index in [0.29, 0.717) is 6.04 Å². The Morgan fingerprint density at radius 1 is 1.62 bits per heavy atom. The Bertz CT molecular complexity index is 203. The maximum absolute atomic E-state index is 11.4. The fourth-order valence-electron chi connectivity index (χ4n) is 1.76. The van der Waals surface area contributed by atoms with Crippen LogP contribution in [0.2, 0.25) is 0 Å². The third kappa shape index (κ3) is 2.31. The van der Waals surface area contributed by atoms with E-state index in [9.17, 15) is 4.79 Å². The highest BCUT2D eigenvalue weighted by molar-refractivity contribution is 5.87. The minimum atomic E-state index is 0.0586. The molecule has 74 valence electrons. The summed E-state index contributed by atoms with van der Waals surface area (Å²) in [5, 5.41) is 0. The van der Waals surface area contributed by atoms with Crippen molar-refractivity contribution in [3.8, 4) is 0 Å². The fraction of sp³-hybridized carbons (Fsp3) is 0.700. The number of piperazine rings is 1. The van der Waals surface area contributed by atoms with Crippen LogP contribution in [0.5, 0.6) is 0 Å². The Balaban J connectivity index is 2.52. The Kier molecular flexibility index (Phi) is 3.48. The van der Waals surface area contributed by atoms with Gasteiger partial charge >= 0.3 is 0 Å². The van der Waals surface area contributed by atoms with E-state index in [0.717, 1.165) is 26.2 Å². The van der Waals surface area contributed by atoms with E-state index in [1.54, 1.807) is 0 Å². The highest BCUT2D eigenvalue weighted by atomic mass is 16.2. The number of carbonyl (C=O) groups is 1. The van der Waals surface area contributed by atoms with Gasteiger partial charge in [-0.15, -0.1) is 0 Å². The van der Waals surface area contributed by atoms with Crippen LogP contribution >= 0.6 is 0 Å². The number of nitrogens with zero attached hydrogens (tertiary/aromatic N) is 2. The van der Waals surface area contributed by atoms with Crippen LogP contribution in [0.1, 0.15) is 13.8 Å². The lowest BCUT2D eigenvalue weighted by atomic mass is 10.2. The molecule has 1 fully saturated rings. The molecule has 0 saturated carbocycles. The van der Waals surface area contributed by atoms with Gasteiger partial charge in [0.25, 0.3) is 0 Å². The minimum absolute atomic E-state index is 0.0586. The van der Waals surface area contributed by atoms with Gasteiger partial charge in [-0.25, -0.2) is 0 Å². The Morgan fingerprint density at radius 2 is 2.31 bits per heavy atom. The number of rotatable bonds is 2. The highest BCUT2D eigenvalue weighted by Crippen LogP contribution is 2.09. The summed E-state index contributed by atoms with van der Waals surface area (Å²) in [7, 11) is 0. The predicted molar refractivity (Wildman–Crippen MR) is 53.5 cm³/mol. The second kappa shape index (κ2) is 4.42. The summed E-state index contributed by atoms with van der Waals surface area (Å²) in [4.78, 5) is 15.6. The van der Waals surface area contributed by atoms with Gasteiger partial charge in [0.05, 0.1) is 0 Å². The molecule has 0 radical (unpaired) electrons. The molecule has 1 heterocycles. The molecule has 0 aromatic carbocycles. The number of amides is 1. The SMILES string of the molecule is C=CC(=O)N1CCN(CC)C[C@H]1C. The standard InChI is InChI=1S/C10H18N2O/c1-4-10(13)12-7-6-11(5-2)8-9(12)3/h4,9H,1,5-8H2,2-3H3/t9-/m1/s1. The van der Waals surface area contributed by atoms with E-state index in [2.05, 4.69) is 25.3 Å². The van der Waals surface area contributed by atoms with Crippen LogP contribution in [0.25, 0.3) is 0 Å². The number of hydrogen-bond acceptors (Lipinski definition) is 2. The Morgan fingerprint density at radius 3 is 2.77 bits per heavy atom. The highest BCUT2D eigenvalue weighted by Gasteiger charge is 2.24. The molecule has 1 rings (SSSR count). The molecule has 3 heteroatoms. The lowest BCUT2D eigenvalue weighted by molar-refractivity contribution is -0.130. The van der Waals surface area contributed by atoms with E-state index in [1.165, 1.54) is 6.08 Å². The second-order valence-electron chi connectivity index (χ2n) is 3.48. The second-order valence-corrected chi connectivity index (χ2v) is 3.48. The van der Waals surface area contributed by atoms with Crippen molar-refractivity contribution in [2.45, 2.75) is 19.9 Å². The summed E-state index contributed by atoms with van der Waals surface area (Å²) in [5.41, 5.74) is 0. The summed E-state index contributed by atoms with van der Waals surface area (Å²) in [6.45, 7) is 11.6. The lowest BCUT2D eigenvalue weighted by Crippen LogP contribution is -2.53. The molecule has 0 N–H and O–H groups in total. The minimum Gasteiger partial charge on any atom is -0.334 e. The van der Waals surface area contributed by atoms with Gasteiger partial charge in [0.2, 0.25) is 5.91 Å². The van der Waals surface area contributed by atoms with Crippen molar-refractivity contribution in [1.82, 2.24) is 9.80 Å². The van der Waals surface area contributed by atoms with Crippen LogP contribution in [0.3, 0.4) is 0 Å². The third-order valence-corrected chi connectivity index (χ3v) is 2.62. The number of likely N-dealkylation sites (N-methyl/N-ethyl adjacent to an activating group) is 1. The third-order valence-electron chi connectivity index (χ3n) is 2.62. The zero-order valence-electron chi connectivity index (χ0n) is 8.49. The summed E-state index contributed by atoms with van der Waals surface area (Å²) in [5.74, 6) is 0.0586. The van der Waals surface area contributed by atoms with Crippen LogP contribution in [-0.2, 0) is 4.79 Å². The van der Waals surface area contributed by atoms with Crippen molar-refractivity contribution in [2.24, 2.45) is 0 Å². The first-order valence-electron chi connectivity index (χ1n) is 4.84. The largest absolute Gasteiger partial charge is 0.334 e. The van der Waals surface area contributed by atoms with E-state index in [1.807, 2.05) is 4.90 Å². The first kappa shape index (κ1) is 10.3. The predicted octanol–water partition coefficient (Wildman–Crippen LogP) is 0.725. The van der Waals surface area contributed by atoms with Crippen LogP contribution in [0.4, 0.5) is 0 Å². The van der Waals surface area contributed by atoms with Gasteiger partial charge in [-0.2, -0.15) is 0 Å². The van der Waals surface area contributed by atoms with E-state index >= 15 is 0 Å². The molecule has 1 aliphatic rings. The first-order chi connectivity index (χ1) is 6.19. The molecule has 0 aliphatic carbocycles. The molecule has 13 heavy (non-hydrogen) atoms. The molecule has 0 aromatic rings. The molecular weight excluding hydrogens is 164 g/mol. The van der Waals surface area contributed by atoms with Crippen molar-refractivity contribution in [1.29, 1.82) is 0 Å². The summed E-state index contributed by atoms with van der Waals surface area (Å²) in [6.07, 6.45) is 1.40. The number of carbonyl (C=O) groups excluding carboxylic acids is 1. The molecular formula is C10H18N2O. The maximum Gasteiger partial charge on any atom is 0.246 e. The van der Waals surface area contributed by atoms with Crippen molar-refractivity contribution in [2.75, 3.05) is 26.2 Å². The van der Waals surface area contributed by atoms with E-state index in [4.69, 9.17) is 0 Å². The van der Waals surface area contributed by atoms with Gasteiger partial charge in [0, 0.05) is 25.7 Å². The van der Waals surface area contributed by atoms with Crippen molar-refractivity contribution < 1.29 is 4.79 Å². The normalized spacial score (nSPS) is 24.5. The first-order valence-corrected chi connectivity index (χ1v) is 4.84. The van der Waals surface area contributed by atoms with Crippen molar-refractivity contribution >= 4 is 5.91 Å². The molecule has 1 atom stereocenters. The van der Waals surface area contributed by atoms with Crippen LogP contribution in [0, 0.1) is 0 Å². The van der Waals surface area contributed by atoms with Crippen molar-refractivity contribution in [3.63, 3.8) is 0 Å². The Hall–Kier alpha value is -0.830. The fourth-order valence-corrected chi connectivity index (χ4v) is 1.76. The summed E-state index contributed by atoms with van der Waals surface area (Å²) < 4.78 is 0.